The molecule has 3 N–H and O–H groups in total. The molecule has 0 radical (unpaired) electrons. The van der Waals surface area contributed by atoms with Gasteiger partial charge in [0.15, 0.2) is 17.5 Å². The van der Waals surface area contributed by atoms with E-state index in [4.69, 9.17) is 5.84 Å². The molecule has 2 nitrogen and oxygen atoms in total. The van der Waals surface area contributed by atoms with Crippen molar-refractivity contribution in [1.82, 2.24) is 5.43 Å². The van der Waals surface area contributed by atoms with Gasteiger partial charge < -0.3 is 0 Å². The second-order valence-corrected chi connectivity index (χ2v) is 2.89. The lowest BCUT2D eigenvalue weighted by Gasteiger charge is -2.14. The minimum Gasteiger partial charge on any atom is -0.271 e. The molecular formula is C9H11F3N2. The van der Waals surface area contributed by atoms with Crippen LogP contribution in [0.25, 0.3) is 0 Å². The average molecular weight is 204 g/mol. The molecule has 0 amide bonds. The van der Waals surface area contributed by atoms with Gasteiger partial charge in [-0.1, -0.05) is 13.0 Å². The minimum atomic E-state index is -1.46. The number of rotatable bonds is 3. The van der Waals surface area contributed by atoms with Crippen molar-refractivity contribution in [3.8, 4) is 0 Å². The lowest BCUT2D eigenvalue weighted by molar-refractivity contribution is 0.423. The molecule has 5 heteroatoms. The molecular weight excluding hydrogens is 193 g/mol. The zero-order valence-corrected chi connectivity index (χ0v) is 7.65. The molecule has 14 heavy (non-hydrogen) atoms. The fourth-order valence-electron chi connectivity index (χ4n) is 1.24. The zero-order chi connectivity index (χ0) is 10.7. The molecule has 0 aliphatic carbocycles. The Labute approximate surface area is 79.9 Å². The Morgan fingerprint density at radius 1 is 1.29 bits per heavy atom. The number of nitrogens with two attached hydrogens (primary N) is 1. The predicted octanol–water partition coefficient (Wildman–Crippen LogP) is 2.02. The predicted molar refractivity (Wildman–Crippen MR) is 46.7 cm³/mol. The third-order valence-electron chi connectivity index (χ3n) is 2.05. The van der Waals surface area contributed by atoms with E-state index in [1.165, 1.54) is 6.07 Å². The van der Waals surface area contributed by atoms with Crippen LogP contribution in [0.2, 0.25) is 0 Å². The highest BCUT2D eigenvalue weighted by Crippen LogP contribution is 2.22. The first-order valence-electron chi connectivity index (χ1n) is 4.21. The molecule has 0 aliphatic rings. The van der Waals surface area contributed by atoms with Crippen LogP contribution < -0.4 is 11.3 Å². The minimum absolute atomic E-state index is 0.0360. The van der Waals surface area contributed by atoms with Crippen LogP contribution in [0.5, 0.6) is 0 Å². The molecule has 0 unspecified atom stereocenters. The summed E-state index contributed by atoms with van der Waals surface area (Å²) < 4.78 is 38.5. The van der Waals surface area contributed by atoms with Crippen molar-refractivity contribution in [2.75, 3.05) is 0 Å². The monoisotopic (exact) mass is 204 g/mol. The van der Waals surface area contributed by atoms with E-state index >= 15 is 0 Å². The summed E-state index contributed by atoms with van der Waals surface area (Å²) in [4.78, 5) is 0. The van der Waals surface area contributed by atoms with E-state index in [0.29, 0.717) is 6.42 Å². The van der Waals surface area contributed by atoms with Gasteiger partial charge in [0.1, 0.15) is 0 Å². The second-order valence-electron chi connectivity index (χ2n) is 2.89. The fourth-order valence-corrected chi connectivity index (χ4v) is 1.24. The molecule has 1 rings (SSSR count). The molecule has 1 aromatic rings. The molecule has 0 saturated carbocycles. The van der Waals surface area contributed by atoms with Crippen LogP contribution in [-0.4, -0.2) is 0 Å². The van der Waals surface area contributed by atoms with Gasteiger partial charge >= 0.3 is 0 Å². The zero-order valence-electron chi connectivity index (χ0n) is 7.65. The van der Waals surface area contributed by atoms with Crippen LogP contribution in [0.1, 0.15) is 24.9 Å². The van der Waals surface area contributed by atoms with E-state index in [9.17, 15) is 13.2 Å². The Bertz CT molecular complexity index is 324. The van der Waals surface area contributed by atoms with Gasteiger partial charge in [-0.2, -0.15) is 0 Å². The van der Waals surface area contributed by atoms with Crippen LogP contribution in [0.4, 0.5) is 13.2 Å². The van der Waals surface area contributed by atoms with Crippen molar-refractivity contribution in [1.29, 1.82) is 0 Å². The summed E-state index contributed by atoms with van der Waals surface area (Å²) in [5.41, 5.74) is 2.36. The van der Waals surface area contributed by atoms with Gasteiger partial charge in [0.2, 0.25) is 0 Å². The Morgan fingerprint density at radius 2 is 1.93 bits per heavy atom. The molecule has 1 aromatic carbocycles. The topological polar surface area (TPSA) is 38.0 Å². The molecule has 0 heterocycles. The Hall–Kier alpha value is -1.07. The van der Waals surface area contributed by atoms with Gasteiger partial charge in [0.25, 0.3) is 0 Å². The highest BCUT2D eigenvalue weighted by Gasteiger charge is 2.18. The first-order chi connectivity index (χ1) is 6.61. The average Bonchev–Trinajstić information content (AvgIpc) is 2.19. The molecule has 78 valence electrons. The van der Waals surface area contributed by atoms with Crippen LogP contribution in [0, 0.1) is 17.5 Å². The number of nitrogens with one attached hydrogen (secondary N) is 1. The SMILES string of the molecule is CC[C@H](NN)c1ccc(F)c(F)c1F. The number of benzene rings is 1. The van der Waals surface area contributed by atoms with Crippen molar-refractivity contribution in [3.05, 3.63) is 35.1 Å². The molecule has 0 saturated heterocycles. The van der Waals surface area contributed by atoms with Crippen LogP contribution in [0.3, 0.4) is 0 Å². The highest BCUT2D eigenvalue weighted by molar-refractivity contribution is 5.23. The van der Waals surface area contributed by atoms with Crippen molar-refractivity contribution in [3.63, 3.8) is 0 Å². The Morgan fingerprint density at radius 3 is 2.43 bits per heavy atom. The molecule has 0 fully saturated rings. The van der Waals surface area contributed by atoms with E-state index < -0.39 is 23.5 Å². The molecule has 0 aliphatic heterocycles. The summed E-state index contributed by atoms with van der Waals surface area (Å²) in [7, 11) is 0. The van der Waals surface area contributed by atoms with E-state index in [-0.39, 0.29) is 5.56 Å². The van der Waals surface area contributed by atoms with E-state index in [2.05, 4.69) is 5.43 Å². The summed E-state index contributed by atoms with van der Waals surface area (Å²) in [6, 6.07) is 1.56. The van der Waals surface area contributed by atoms with Crippen LogP contribution in [-0.2, 0) is 0 Å². The van der Waals surface area contributed by atoms with E-state index in [1.807, 2.05) is 0 Å². The van der Waals surface area contributed by atoms with Crippen molar-refractivity contribution in [2.45, 2.75) is 19.4 Å². The van der Waals surface area contributed by atoms with Crippen LogP contribution in [0.15, 0.2) is 12.1 Å². The highest BCUT2D eigenvalue weighted by atomic mass is 19.2. The smallest absolute Gasteiger partial charge is 0.194 e. The van der Waals surface area contributed by atoms with Crippen molar-refractivity contribution < 1.29 is 13.2 Å². The molecule has 1 atom stereocenters. The summed E-state index contributed by atoms with van der Waals surface area (Å²) in [5, 5.41) is 0. The Kier molecular flexibility index (Phi) is 3.49. The lowest BCUT2D eigenvalue weighted by Crippen LogP contribution is -2.28. The second kappa shape index (κ2) is 4.43. The van der Waals surface area contributed by atoms with Crippen molar-refractivity contribution >= 4 is 0 Å². The normalized spacial score (nSPS) is 12.9. The first kappa shape index (κ1) is 11.0. The Balaban J connectivity index is 3.16. The summed E-state index contributed by atoms with van der Waals surface area (Å²) in [6.07, 6.45) is 0.485. The van der Waals surface area contributed by atoms with Crippen LogP contribution >= 0.6 is 0 Å². The number of hydrogen-bond donors (Lipinski definition) is 2. The lowest BCUT2D eigenvalue weighted by atomic mass is 10.0. The molecule has 0 aromatic heterocycles. The van der Waals surface area contributed by atoms with E-state index in [1.54, 1.807) is 6.92 Å². The fraction of sp³-hybridized carbons (Fsp3) is 0.333. The largest absolute Gasteiger partial charge is 0.271 e. The maximum Gasteiger partial charge on any atom is 0.194 e. The van der Waals surface area contributed by atoms with Gasteiger partial charge in [-0.15, -0.1) is 0 Å². The van der Waals surface area contributed by atoms with Crippen molar-refractivity contribution in [2.24, 2.45) is 5.84 Å². The number of hydrogen-bond acceptors (Lipinski definition) is 2. The molecule has 0 spiro atoms. The summed E-state index contributed by atoms with van der Waals surface area (Å²) in [5.74, 6) is 1.30. The summed E-state index contributed by atoms with van der Waals surface area (Å²) in [6.45, 7) is 1.76. The molecule has 0 bridgehead atoms. The number of halogens is 3. The summed E-state index contributed by atoms with van der Waals surface area (Å²) >= 11 is 0. The van der Waals surface area contributed by atoms with E-state index in [0.717, 1.165) is 6.07 Å². The van der Waals surface area contributed by atoms with Gasteiger partial charge in [-0.3, -0.25) is 11.3 Å². The van der Waals surface area contributed by atoms with Gasteiger partial charge in [0.05, 0.1) is 0 Å². The third kappa shape index (κ3) is 1.88. The quantitative estimate of drug-likeness (QED) is 0.449. The number of hydrazine groups is 1. The van der Waals surface area contributed by atoms with Gasteiger partial charge in [-0.25, -0.2) is 13.2 Å². The standard InChI is InChI=1S/C9H11F3N2/c1-2-7(14-13)5-3-4-6(10)9(12)8(5)11/h3-4,7,14H,2,13H2,1H3/t7-/m0/s1. The maximum atomic E-state index is 13.2. The first-order valence-corrected chi connectivity index (χ1v) is 4.21. The van der Waals surface area contributed by atoms with Gasteiger partial charge in [-0.05, 0) is 12.5 Å². The van der Waals surface area contributed by atoms with Gasteiger partial charge in [0, 0.05) is 11.6 Å². The third-order valence-corrected chi connectivity index (χ3v) is 2.05. The maximum absolute atomic E-state index is 13.2.